The van der Waals surface area contributed by atoms with Crippen LogP contribution in [0.2, 0.25) is 0 Å². The molecule has 0 aliphatic heterocycles. The third-order valence-electron chi connectivity index (χ3n) is 3.39. The van der Waals surface area contributed by atoms with E-state index in [2.05, 4.69) is 14.1 Å². The van der Waals surface area contributed by atoms with Crippen molar-refractivity contribution < 1.29 is 18.3 Å². The predicted octanol–water partition coefficient (Wildman–Crippen LogP) is 1.71. The van der Waals surface area contributed by atoms with Crippen molar-refractivity contribution in [3.8, 4) is 0 Å². The fourth-order valence-electron chi connectivity index (χ4n) is 2.25. The van der Waals surface area contributed by atoms with Crippen LogP contribution in [0, 0.1) is 0 Å². The van der Waals surface area contributed by atoms with E-state index in [4.69, 9.17) is 0 Å². The molecule has 0 radical (unpaired) electrons. The fourth-order valence-corrected chi connectivity index (χ4v) is 3.41. The minimum Gasteiger partial charge on any atom is -0.616 e. The van der Waals surface area contributed by atoms with Crippen LogP contribution < -0.4 is 5.11 Å². The zero-order valence-corrected chi connectivity index (χ0v) is 13.5. The van der Waals surface area contributed by atoms with E-state index >= 15 is 0 Å². The first-order valence-electron chi connectivity index (χ1n) is 7.01. The van der Waals surface area contributed by atoms with Crippen LogP contribution in [0.4, 0.5) is 0 Å². The van der Waals surface area contributed by atoms with Gasteiger partial charge >= 0.3 is 0 Å². The van der Waals surface area contributed by atoms with Gasteiger partial charge in [-0.05, 0) is 37.0 Å². The van der Waals surface area contributed by atoms with E-state index in [1.165, 1.54) is 43.7 Å². The third-order valence-corrected chi connectivity index (χ3v) is 4.72. The standard InChI is InChI=1S/C17H14N2O4S/c1-23-17(20)13-7-9-14(10-8-13)19-24(21,22)15-6-2-4-12-5-3-11-18-16(12)15/h2-11,20H,1H3/p-1. The minimum absolute atomic E-state index is 0.0395. The van der Waals surface area contributed by atoms with E-state index < -0.39 is 16.0 Å². The van der Waals surface area contributed by atoms with E-state index in [1.807, 2.05) is 0 Å². The molecule has 0 N–H and O–H groups in total. The Morgan fingerprint density at radius 1 is 1.12 bits per heavy atom. The summed E-state index contributed by atoms with van der Waals surface area (Å²) in [6, 6.07) is 8.42. The monoisotopic (exact) mass is 341 g/mol. The van der Waals surface area contributed by atoms with Crippen molar-refractivity contribution in [3.05, 3.63) is 72.4 Å². The average Bonchev–Trinajstić information content (AvgIpc) is 2.61. The van der Waals surface area contributed by atoms with Gasteiger partial charge in [-0.15, -0.1) is 0 Å². The quantitative estimate of drug-likeness (QED) is 0.793. The number of hydrogen-bond acceptors (Lipinski definition) is 5. The zero-order chi connectivity index (χ0) is 17.2. The van der Waals surface area contributed by atoms with Gasteiger partial charge in [-0.1, -0.05) is 30.4 Å². The minimum atomic E-state index is -3.93. The van der Waals surface area contributed by atoms with Crippen molar-refractivity contribution in [2.24, 2.45) is 4.40 Å². The Morgan fingerprint density at radius 3 is 2.54 bits per heavy atom. The Morgan fingerprint density at radius 2 is 1.83 bits per heavy atom. The number of para-hydroxylation sites is 1. The van der Waals surface area contributed by atoms with Crippen LogP contribution in [0.25, 0.3) is 10.9 Å². The van der Waals surface area contributed by atoms with E-state index in [-0.39, 0.29) is 10.6 Å². The van der Waals surface area contributed by atoms with E-state index in [0.717, 1.165) is 5.39 Å². The molecule has 0 fully saturated rings. The van der Waals surface area contributed by atoms with Crippen molar-refractivity contribution in [2.75, 3.05) is 7.11 Å². The van der Waals surface area contributed by atoms with Crippen molar-refractivity contribution in [1.82, 2.24) is 4.98 Å². The highest BCUT2D eigenvalue weighted by Gasteiger charge is 2.18. The smallest absolute Gasteiger partial charge is 0.285 e. The summed E-state index contributed by atoms with van der Waals surface area (Å²) < 4.78 is 33.6. The maximum absolute atomic E-state index is 12.6. The number of methoxy groups -OCH3 is 1. The van der Waals surface area contributed by atoms with Gasteiger partial charge in [-0.3, -0.25) is 4.98 Å². The molecule has 0 unspecified atom stereocenters. The highest BCUT2D eigenvalue weighted by molar-refractivity contribution is 7.90. The van der Waals surface area contributed by atoms with Crippen LogP contribution in [0.5, 0.6) is 0 Å². The number of allylic oxidation sites excluding steroid dienone is 5. The van der Waals surface area contributed by atoms with Crippen molar-refractivity contribution in [3.63, 3.8) is 0 Å². The number of nitrogens with zero attached hydrogens (tertiary/aromatic N) is 2. The lowest BCUT2D eigenvalue weighted by atomic mass is 10.1. The number of rotatable bonds is 3. The number of benzene rings is 1. The molecule has 24 heavy (non-hydrogen) atoms. The van der Waals surface area contributed by atoms with Crippen LogP contribution in [0.3, 0.4) is 0 Å². The number of hydrogen-bond donors (Lipinski definition) is 0. The van der Waals surface area contributed by atoms with Gasteiger partial charge in [-0.2, -0.15) is 12.8 Å². The molecule has 0 saturated heterocycles. The Balaban J connectivity index is 2.02. The van der Waals surface area contributed by atoms with Gasteiger partial charge < -0.3 is 9.84 Å². The van der Waals surface area contributed by atoms with Crippen LogP contribution >= 0.6 is 0 Å². The molecule has 6 nitrogen and oxygen atoms in total. The normalized spacial score (nSPS) is 14.0. The van der Waals surface area contributed by atoms with Crippen molar-refractivity contribution >= 4 is 26.6 Å². The molecule has 1 aliphatic carbocycles. The van der Waals surface area contributed by atoms with Gasteiger partial charge in [0.2, 0.25) is 0 Å². The summed E-state index contributed by atoms with van der Waals surface area (Å²) in [6.07, 6.45) is 7.35. The molecule has 1 aromatic carbocycles. The lowest BCUT2D eigenvalue weighted by Crippen LogP contribution is -2.10. The summed E-state index contributed by atoms with van der Waals surface area (Å²) in [7, 11) is -2.66. The second-order valence-electron chi connectivity index (χ2n) is 4.94. The van der Waals surface area contributed by atoms with Crippen molar-refractivity contribution in [1.29, 1.82) is 0 Å². The fraction of sp³-hybridized carbons (Fsp3) is 0.0588. The highest BCUT2D eigenvalue weighted by Crippen LogP contribution is 2.23. The summed E-state index contributed by atoms with van der Waals surface area (Å²) >= 11 is 0. The Bertz CT molecular complexity index is 995. The predicted molar refractivity (Wildman–Crippen MR) is 88.7 cm³/mol. The van der Waals surface area contributed by atoms with Gasteiger partial charge in [-0.25, -0.2) is 0 Å². The summed E-state index contributed by atoms with van der Waals surface area (Å²) in [5.41, 5.74) is 0.909. The lowest BCUT2D eigenvalue weighted by molar-refractivity contribution is -0.354. The van der Waals surface area contributed by atoms with Gasteiger partial charge in [0.15, 0.2) is 0 Å². The molecular formula is C17H13N2O4S-. The molecular weight excluding hydrogens is 328 g/mol. The molecule has 2 aromatic rings. The number of ether oxygens (including phenoxy) is 1. The molecule has 3 rings (SSSR count). The molecule has 1 aromatic heterocycles. The lowest BCUT2D eigenvalue weighted by Gasteiger charge is -2.13. The SMILES string of the molecule is COC([O-])=C1C=CC(=NS(=O)(=O)c2cccc3cccnc23)C=C1. The maximum Gasteiger partial charge on any atom is 0.285 e. The highest BCUT2D eigenvalue weighted by atomic mass is 32.2. The number of aromatic nitrogens is 1. The first-order valence-corrected chi connectivity index (χ1v) is 8.45. The largest absolute Gasteiger partial charge is 0.616 e. The summed E-state index contributed by atoms with van der Waals surface area (Å²) in [4.78, 5) is 4.18. The third kappa shape index (κ3) is 3.07. The van der Waals surface area contributed by atoms with Crippen LogP contribution in [-0.4, -0.2) is 26.2 Å². The molecule has 1 heterocycles. The first kappa shape index (κ1) is 15.9. The zero-order valence-electron chi connectivity index (χ0n) is 12.7. The van der Waals surface area contributed by atoms with E-state index in [1.54, 1.807) is 24.3 Å². The molecule has 0 bridgehead atoms. The van der Waals surface area contributed by atoms with Crippen LogP contribution in [-0.2, 0) is 14.8 Å². The summed E-state index contributed by atoms with van der Waals surface area (Å²) in [6.45, 7) is 0. The Labute approximate surface area is 139 Å². The molecule has 122 valence electrons. The van der Waals surface area contributed by atoms with Gasteiger partial charge in [0.05, 0.1) is 17.2 Å². The topological polar surface area (TPSA) is 91.7 Å². The summed E-state index contributed by atoms with van der Waals surface area (Å²) in [5.74, 6) is -0.498. The molecule has 0 amide bonds. The van der Waals surface area contributed by atoms with E-state index in [0.29, 0.717) is 11.1 Å². The van der Waals surface area contributed by atoms with Gasteiger partial charge in [0.25, 0.3) is 10.0 Å². The second-order valence-corrected chi connectivity index (χ2v) is 6.51. The van der Waals surface area contributed by atoms with Crippen LogP contribution in [0.1, 0.15) is 0 Å². The van der Waals surface area contributed by atoms with Gasteiger partial charge in [0, 0.05) is 11.6 Å². The number of pyridine rings is 1. The van der Waals surface area contributed by atoms with Crippen molar-refractivity contribution in [2.45, 2.75) is 4.90 Å². The summed E-state index contributed by atoms with van der Waals surface area (Å²) in [5, 5.41) is 12.1. The number of sulfonamides is 1. The Hall–Kier alpha value is -2.93. The first-order chi connectivity index (χ1) is 11.5. The molecule has 7 heteroatoms. The maximum atomic E-state index is 12.6. The second kappa shape index (κ2) is 6.29. The molecule has 0 spiro atoms. The molecule has 0 saturated carbocycles. The number of fused-ring (bicyclic) bond motifs is 1. The van der Waals surface area contributed by atoms with Crippen LogP contribution in [0.15, 0.2) is 81.6 Å². The molecule has 0 atom stereocenters. The van der Waals surface area contributed by atoms with E-state index in [9.17, 15) is 13.5 Å². The average molecular weight is 341 g/mol. The van der Waals surface area contributed by atoms with Gasteiger partial charge in [0.1, 0.15) is 4.90 Å². The molecule has 1 aliphatic rings. The Kier molecular flexibility index (Phi) is 4.18.